The molecule has 5 nitrogen and oxygen atoms in total. The molecule has 2 amide bonds. The van der Waals surface area contributed by atoms with E-state index in [9.17, 15) is 9.59 Å². The molecule has 1 aliphatic carbocycles. The standard InChI is InChI=1S/C18H25N3O2S.ClH/c1-13-2-3-15(24-13)17(23)21-10-8-20(9-11-21)16(22)14-12-18(14)4-6-19-7-5-18;/h2-3,14,19H,4-12H2,1H3;1H. The fourth-order valence-corrected chi connectivity index (χ4v) is 5.07. The summed E-state index contributed by atoms with van der Waals surface area (Å²) < 4.78 is 0. The van der Waals surface area contributed by atoms with Crippen LogP contribution in [0.5, 0.6) is 0 Å². The van der Waals surface area contributed by atoms with Crippen molar-refractivity contribution in [2.24, 2.45) is 11.3 Å². The minimum absolute atomic E-state index is 0. The van der Waals surface area contributed by atoms with Crippen molar-refractivity contribution >= 4 is 35.6 Å². The highest BCUT2D eigenvalue weighted by atomic mass is 35.5. The van der Waals surface area contributed by atoms with E-state index in [1.807, 2.05) is 28.9 Å². The van der Waals surface area contributed by atoms with Gasteiger partial charge in [0.25, 0.3) is 5.91 Å². The van der Waals surface area contributed by atoms with Crippen LogP contribution < -0.4 is 5.32 Å². The van der Waals surface area contributed by atoms with Gasteiger partial charge in [0.1, 0.15) is 0 Å². The van der Waals surface area contributed by atoms with Crippen LogP contribution in [-0.2, 0) is 4.79 Å². The normalized spacial score (nSPS) is 24.8. The fraction of sp³-hybridized carbons (Fsp3) is 0.667. The second-order valence-corrected chi connectivity index (χ2v) is 8.68. The highest BCUT2D eigenvalue weighted by molar-refractivity contribution is 7.13. The largest absolute Gasteiger partial charge is 0.339 e. The highest BCUT2D eigenvalue weighted by Crippen LogP contribution is 2.59. The number of nitrogens with one attached hydrogen (secondary N) is 1. The Bertz CT molecular complexity index is 649. The van der Waals surface area contributed by atoms with Gasteiger partial charge in [0.2, 0.25) is 5.91 Å². The van der Waals surface area contributed by atoms with Crippen molar-refractivity contribution in [2.75, 3.05) is 39.3 Å². The molecule has 1 aromatic rings. The van der Waals surface area contributed by atoms with E-state index in [0.717, 1.165) is 42.1 Å². The summed E-state index contributed by atoms with van der Waals surface area (Å²) in [5.74, 6) is 0.680. The third kappa shape index (κ3) is 3.57. The van der Waals surface area contributed by atoms with Gasteiger partial charge in [0, 0.05) is 37.0 Å². The summed E-state index contributed by atoms with van der Waals surface area (Å²) in [6, 6.07) is 3.90. The summed E-state index contributed by atoms with van der Waals surface area (Å²) in [5.41, 5.74) is 0.295. The first kappa shape index (κ1) is 18.7. The van der Waals surface area contributed by atoms with E-state index in [2.05, 4.69) is 5.32 Å². The van der Waals surface area contributed by atoms with Crippen LogP contribution >= 0.6 is 23.7 Å². The van der Waals surface area contributed by atoms with Gasteiger partial charge < -0.3 is 15.1 Å². The number of piperidine rings is 1. The van der Waals surface area contributed by atoms with Crippen LogP contribution in [0.25, 0.3) is 0 Å². The minimum atomic E-state index is 0. The molecule has 3 fully saturated rings. The van der Waals surface area contributed by atoms with E-state index >= 15 is 0 Å². The summed E-state index contributed by atoms with van der Waals surface area (Å²) in [5, 5.41) is 3.39. The Morgan fingerprint density at radius 3 is 2.36 bits per heavy atom. The van der Waals surface area contributed by atoms with Crippen LogP contribution in [0, 0.1) is 18.3 Å². The Morgan fingerprint density at radius 1 is 1.12 bits per heavy atom. The number of hydrogen-bond acceptors (Lipinski definition) is 4. The van der Waals surface area contributed by atoms with Gasteiger partial charge in [-0.05, 0) is 56.8 Å². The lowest BCUT2D eigenvalue weighted by molar-refractivity contribution is -0.135. The zero-order chi connectivity index (χ0) is 16.7. The first-order valence-corrected chi connectivity index (χ1v) is 9.76. The molecule has 0 aromatic carbocycles. The van der Waals surface area contributed by atoms with Gasteiger partial charge in [-0.1, -0.05) is 0 Å². The maximum atomic E-state index is 12.8. The number of amides is 2. The number of aryl methyl sites for hydroxylation is 1. The lowest BCUT2D eigenvalue weighted by atomic mass is 9.91. The van der Waals surface area contributed by atoms with Crippen molar-refractivity contribution in [1.29, 1.82) is 0 Å². The molecule has 0 bridgehead atoms. The van der Waals surface area contributed by atoms with E-state index in [-0.39, 0.29) is 24.2 Å². The topological polar surface area (TPSA) is 52.7 Å². The molecule has 1 atom stereocenters. The van der Waals surface area contributed by atoms with Crippen LogP contribution in [0.2, 0.25) is 0 Å². The summed E-state index contributed by atoms with van der Waals surface area (Å²) in [6.45, 7) is 6.79. The molecule has 2 aliphatic heterocycles. The number of carbonyl (C=O) groups excluding carboxylic acids is 2. The van der Waals surface area contributed by atoms with Crippen molar-refractivity contribution in [2.45, 2.75) is 26.2 Å². The second kappa shape index (κ2) is 7.25. The third-order valence-corrected chi connectivity index (χ3v) is 6.91. The van der Waals surface area contributed by atoms with Gasteiger partial charge in [-0.25, -0.2) is 0 Å². The van der Waals surface area contributed by atoms with Gasteiger partial charge in [-0.15, -0.1) is 23.7 Å². The maximum absolute atomic E-state index is 12.8. The number of hydrogen-bond donors (Lipinski definition) is 1. The van der Waals surface area contributed by atoms with Gasteiger partial charge in [0.05, 0.1) is 4.88 Å². The van der Waals surface area contributed by atoms with Gasteiger partial charge >= 0.3 is 0 Å². The molecule has 0 radical (unpaired) electrons. The SMILES string of the molecule is Cc1ccc(C(=O)N2CCN(C(=O)C3CC34CCNCC4)CC2)s1.Cl. The molecule has 7 heteroatoms. The van der Waals surface area contributed by atoms with Crippen LogP contribution in [0.15, 0.2) is 12.1 Å². The monoisotopic (exact) mass is 383 g/mol. The second-order valence-electron chi connectivity index (χ2n) is 7.40. The molecule has 25 heavy (non-hydrogen) atoms. The molecular formula is C18H26ClN3O2S. The Labute approximate surface area is 159 Å². The lowest BCUT2D eigenvalue weighted by Gasteiger charge is -2.35. The van der Waals surface area contributed by atoms with Crippen molar-refractivity contribution in [3.63, 3.8) is 0 Å². The molecule has 138 valence electrons. The van der Waals surface area contributed by atoms with Crippen LogP contribution in [0.4, 0.5) is 0 Å². The number of rotatable bonds is 2. The molecule has 4 rings (SSSR count). The van der Waals surface area contributed by atoms with Gasteiger partial charge in [-0.2, -0.15) is 0 Å². The number of carbonyl (C=O) groups is 2. The summed E-state index contributed by atoms with van der Waals surface area (Å²) >= 11 is 1.55. The summed E-state index contributed by atoms with van der Waals surface area (Å²) in [7, 11) is 0. The molecule has 2 saturated heterocycles. The number of halogens is 1. The van der Waals surface area contributed by atoms with Gasteiger partial charge in [0.15, 0.2) is 0 Å². The quantitative estimate of drug-likeness (QED) is 0.851. The molecule has 1 spiro atoms. The molecule has 3 heterocycles. The number of nitrogens with zero attached hydrogens (tertiary/aromatic N) is 2. The maximum Gasteiger partial charge on any atom is 0.264 e. The van der Waals surface area contributed by atoms with E-state index < -0.39 is 0 Å². The predicted octanol–water partition coefficient (Wildman–Crippen LogP) is 2.15. The molecule has 1 unspecified atom stereocenters. The zero-order valence-corrected chi connectivity index (χ0v) is 16.3. The zero-order valence-electron chi connectivity index (χ0n) is 14.6. The third-order valence-electron chi connectivity index (χ3n) is 5.92. The molecule has 1 N–H and O–H groups in total. The average Bonchev–Trinajstić information content (AvgIpc) is 3.11. The fourth-order valence-electron chi connectivity index (χ4n) is 4.23. The van der Waals surface area contributed by atoms with Crippen LogP contribution in [-0.4, -0.2) is 60.9 Å². The van der Waals surface area contributed by atoms with Crippen LogP contribution in [0.3, 0.4) is 0 Å². The molecular weight excluding hydrogens is 358 g/mol. The minimum Gasteiger partial charge on any atom is -0.339 e. The Hall–Kier alpha value is -1.11. The Morgan fingerprint density at radius 2 is 1.76 bits per heavy atom. The lowest BCUT2D eigenvalue weighted by Crippen LogP contribution is -2.51. The van der Waals surface area contributed by atoms with E-state index in [0.29, 0.717) is 37.5 Å². The summed E-state index contributed by atoms with van der Waals surface area (Å²) in [6.07, 6.45) is 3.35. The smallest absolute Gasteiger partial charge is 0.264 e. The first-order chi connectivity index (χ1) is 11.6. The van der Waals surface area contributed by atoms with E-state index in [4.69, 9.17) is 0 Å². The van der Waals surface area contributed by atoms with Crippen LogP contribution in [0.1, 0.15) is 33.8 Å². The van der Waals surface area contributed by atoms with Crippen molar-refractivity contribution in [3.8, 4) is 0 Å². The van der Waals surface area contributed by atoms with E-state index in [1.54, 1.807) is 11.3 Å². The first-order valence-electron chi connectivity index (χ1n) is 8.94. The summed E-state index contributed by atoms with van der Waals surface area (Å²) in [4.78, 5) is 31.1. The predicted molar refractivity (Wildman–Crippen MR) is 101 cm³/mol. The Kier molecular flexibility index (Phi) is 5.42. The average molecular weight is 384 g/mol. The van der Waals surface area contributed by atoms with Gasteiger partial charge in [-0.3, -0.25) is 9.59 Å². The van der Waals surface area contributed by atoms with Crippen molar-refractivity contribution in [1.82, 2.24) is 15.1 Å². The van der Waals surface area contributed by atoms with E-state index in [1.165, 1.54) is 0 Å². The molecule has 3 aliphatic rings. The molecule has 1 saturated carbocycles. The molecule has 1 aromatic heterocycles. The highest BCUT2D eigenvalue weighted by Gasteiger charge is 2.58. The number of thiophene rings is 1. The van der Waals surface area contributed by atoms with Crippen molar-refractivity contribution in [3.05, 3.63) is 21.9 Å². The van der Waals surface area contributed by atoms with Crippen molar-refractivity contribution < 1.29 is 9.59 Å². The number of piperazine rings is 1. The Balaban J connectivity index is 0.00000182.